The van der Waals surface area contributed by atoms with Gasteiger partial charge < -0.3 is 5.11 Å². The Morgan fingerprint density at radius 2 is 2.47 bits per heavy atom. The summed E-state index contributed by atoms with van der Waals surface area (Å²) >= 11 is 1.36. The first-order valence-electron chi connectivity index (χ1n) is 5.76. The molecule has 0 radical (unpaired) electrons. The molecular formula is C10H17N3O3S. The molecule has 2 rings (SSSR count). The number of amides is 1. The third-order valence-corrected chi connectivity index (χ3v) is 3.76. The molecule has 0 aliphatic carbocycles. The van der Waals surface area contributed by atoms with E-state index in [1.165, 1.54) is 21.4 Å². The quantitative estimate of drug-likeness (QED) is 0.757. The number of hydrazine groups is 1. The number of carboxylic acid groups (broad SMARTS) is 1. The fourth-order valence-corrected chi connectivity index (χ4v) is 2.75. The van der Waals surface area contributed by atoms with Crippen LogP contribution in [0.1, 0.15) is 32.6 Å². The Bertz CT molecular complexity index is 318. The highest BCUT2D eigenvalue weighted by molar-refractivity contribution is 7.99. The van der Waals surface area contributed by atoms with Crippen LogP contribution in [0.25, 0.3) is 0 Å². The first-order valence-corrected chi connectivity index (χ1v) is 6.59. The fraction of sp³-hybridized carbons (Fsp3) is 0.700. The Hall–Kier alpha value is -0.920. The number of piperidine rings is 1. The van der Waals surface area contributed by atoms with Crippen molar-refractivity contribution in [1.82, 2.24) is 14.9 Å². The molecule has 7 heteroatoms. The Morgan fingerprint density at radius 3 is 3.06 bits per heavy atom. The van der Waals surface area contributed by atoms with E-state index < -0.39 is 11.8 Å². The first-order chi connectivity index (χ1) is 8.18. The lowest BCUT2D eigenvalue weighted by Crippen LogP contribution is -2.58. The van der Waals surface area contributed by atoms with Crippen LogP contribution in [0, 0.1) is 0 Å². The Kier molecular flexibility index (Phi) is 3.80. The van der Waals surface area contributed by atoms with Crippen molar-refractivity contribution in [2.24, 2.45) is 0 Å². The second-order valence-electron chi connectivity index (χ2n) is 4.08. The van der Waals surface area contributed by atoms with E-state index in [0.717, 1.165) is 19.3 Å². The topological polar surface area (TPSA) is 65.0 Å². The van der Waals surface area contributed by atoms with Gasteiger partial charge in [0.05, 0.1) is 0 Å². The summed E-state index contributed by atoms with van der Waals surface area (Å²) in [5, 5.41) is 11.1. The predicted molar refractivity (Wildman–Crippen MR) is 64.4 cm³/mol. The highest BCUT2D eigenvalue weighted by Gasteiger charge is 2.44. The van der Waals surface area contributed by atoms with Crippen LogP contribution >= 0.6 is 11.9 Å². The van der Waals surface area contributed by atoms with Crippen LogP contribution in [0.2, 0.25) is 0 Å². The van der Waals surface area contributed by atoms with Gasteiger partial charge in [0.2, 0.25) is 0 Å². The molecule has 17 heavy (non-hydrogen) atoms. The number of carbonyl (C=O) groups is 1. The molecule has 0 aromatic carbocycles. The van der Waals surface area contributed by atoms with Crippen LogP contribution in [0.15, 0.2) is 11.6 Å². The van der Waals surface area contributed by atoms with Gasteiger partial charge in [-0.25, -0.2) is 9.63 Å². The number of nitrogens with zero attached hydrogens (tertiary/aromatic N) is 2. The van der Waals surface area contributed by atoms with Crippen molar-refractivity contribution in [2.75, 3.05) is 6.54 Å². The Labute approximate surface area is 105 Å². The highest BCUT2D eigenvalue weighted by atomic mass is 32.2. The summed E-state index contributed by atoms with van der Waals surface area (Å²) in [6.07, 6.45) is 4.10. The zero-order chi connectivity index (χ0) is 12.3. The molecule has 0 aromatic heterocycles. The molecule has 0 bridgehead atoms. The van der Waals surface area contributed by atoms with Gasteiger partial charge in [-0.1, -0.05) is 6.92 Å². The molecule has 1 saturated heterocycles. The third-order valence-electron chi connectivity index (χ3n) is 3.13. The van der Waals surface area contributed by atoms with E-state index in [-0.39, 0.29) is 0 Å². The zero-order valence-corrected chi connectivity index (χ0v) is 10.6. The van der Waals surface area contributed by atoms with E-state index >= 15 is 0 Å². The van der Waals surface area contributed by atoms with Gasteiger partial charge in [0.1, 0.15) is 0 Å². The summed E-state index contributed by atoms with van der Waals surface area (Å²) < 4.78 is 1.50. The van der Waals surface area contributed by atoms with Crippen LogP contribution in [0.3, 0.4) is 0 Å². The van der Waals surface area contributed by atoms with Crippen molar-refractivity contribution in [3.63, 3.8) is 0 Å². The van der Waals surface area contributed by atoms with Crippen LogP contribution in [0.5, 0.6) is 0 Å². The molecule has 1 unspecified atom stereocenters. The molecule has 0 spiro atoms. The van der Waals surface area contributed by atoms with Gasteiger partial charge in [-0.3, -0.25) is 10.3 Å². The predicted octanol–water partition coefficient (Wildman–Crippen LogP) is 2.13. The maximum atomic E-state index is 11.3. The molecule has 2 aliphatic heterocycles. The summed E-state index contributed by atoms with van der Waals surface area (Å²) in [7, 11) is 0. The number of rotatable bonds is 3. The summed E-state index contributed by atoms with van der Waals surface area (Å²) in [6, 6.07) is 0. The number of hydrogen-bond acceptors (Lipinski definition) is 5. The lowest BCUT2D eigenvalue weighted by atomic mass is 9.96. The molecule has 0 aromatic rings. The number of likely N-dealkylation sites (tertiary alicyclic amines) is 1. The van der Waals surface area contributed by atoms with Crippen molar-refractivity contribution in [2.45, 2.75) is 38.3 Å². The van der Waals surface area contributed by atoms with Crippen molar-refractivity contribution >= 4 is 18.0 Å². The number of nitrogens with one attached hydrogen (secondary N) is 1. The number of hydrogen-bond donors (Lipinski definition) is 2. The Balaban J connectivity index is 2.10. The minimum absolute atomic E-state index is 0.537. The first kappa shape index (κ1) is 12.5. The molecule has 2 aliphatic rings. The maximum absolute atomic E-state index is 11.3. The second kappa shape index (κ2) is 5.16. The second-order valence-corrected chi connectivity index (χ2v) is 4.89. The lowest BCUT2D eigenvalue weighted by Gasteiger charge is -2.45. The SMILES string of the molecule is CCC1(ON2NC=CS2)CCCCN1C(=O)O. The van der Waals surface area contributed by atoms with Crippen LogP contribution in [-0.2, 0) is 4.84 Å². The van der Waals surface area contributed by atoms with Crippen molar-refractivity contribution in [3.8, 4) is 0 Å². The summed E-state index contributed by atoms with van der Waals surface area (Å²) in [6.45, 7) is 2.49. The van der Waals surface area contributed by atoms with Crippen molar-refractivity contribution in [3.05, 3.63) is 11.6 Å². The molecule has 2 heterocycles. The average molecular weight is 259 g/mol. The van der Waals surface area contributed by atoms with E-state index in [1.54, 1.807) is 6.20 Å². The van der Waals surface area contributed by atoms with E-state index in [9.17, 15) is 9.90 Å². The molecule has 2 N–H and O–H groups in total. The Morgan fingerprint density at radius 1 is 1.65 bits per heavy atom. The van der Waals surface area contributed by atoms with Crippen LogP contribution in [-0.4, -0.2) is 32.9 Å². The van der Waals surface area contributed by atoms with Crippen LogP contribution in [0.4, 0.5) is 4.79 Å². The minimum atomic E-state index is -0.913. The van der Waals surface area contributed by atoms with Gasteiger partial charge in [0.15, 0.2) is 5.72 Å². The van der Waals surface area contributed by atoms with Gasteiger partial charge in [0.25, 0.3) is 0 Å². The zero-order valence-electron chi connectivity index (χ0n) is 9.76. The largest absolute Gasteiger partial charge is 0.465 e. The monoisotopic (exact) mass is 259 g/mol. The normalized spacial score (nSPS) is 29.4. The van der Waals surface area contributed by atoms with E-state index in [4.69, 9.17) is 4.84 Å². The molecule has 96 valence electrons. The highest BCUT2D eigenvalue weighted by Crippen LogP contribution is 2.35. The van der Waals surface area contributed by atoms with Gasteiger partial charge >= 0.3 is 6.09 Å². The summed E-state index contributed by atoms with van der Waals surface area (Å²) in [5.74, 6) is 0. The molecule has 0 saturated carbocycles. The molecule has 1 atom stereocenters. The van der Waals surface area contributed by atoms with E-state index in [1.807, 2.05) is 12.3 Å². The molecular weight excluding hydrogens is 242 g/mol. The standard InChI is InChI=1S/C10H17N3O3S/c1-2-10(16-13-11-6-8-17-13)5-3-4-7-12(10)9(14)15/h6,8,11H,2-5,7H2,1H3,(H,14,15). The van der Waals surface area contributed by atoms with Gasteiger partial charge in [-0.2, -0.15) is 0 Å². The van der Waals surface area contributed by atoms with E-state index in [2.05, 4.69) is 5.43 Å². The maximum Gasteiger partial charge on any atom is 0.409 e. The molecule has 6 nitrogen and oxygen atoms in total. The smallest absolute Gasteiger partial charge is 0.409 e. The molecule has 1 fully saturated rings. The fourth-order valence-electron chi connectivity index (χ4n) is 2.22. The van der Waals surface area contributed by atoms with Gasteiger partial charge in [0, 0.05) is 30.1 Å². The van der Waals surface area contributed by atoms with Crippen LogP contribution < -0.4 is 5.43 Å². The third kappa shape index (κ3) is 2.51. The lowest BCUT2D eigenvalue weighted by molar-refractivity contribution is -0.268. The summed E-state index contributed by atoms with van der Waals surface area (Å²) in [5.41, 5.74) is 2.16. The van der Waals surface area contributed by atoms with Gasteiger partial charge in [-0.05, 0) is 30.3 Å². The minimum Gasteiger partial charge on any atom is -0.465 e. The summed E-state index contributed by atoms with van der Waals surface area (Å²) in [4.78, 5) is 18.5. The van der Waals surface area contributed by atoms with Crippen molar-refractivity contribution in [1.29, 1.82) is 0 Å². The van der Waals surface area contributed by atoms with Crippen molar-refractivity contribution < 1.29 is 14.7 Å². The van der Waals surface area contributed by atoms with Gasteiger partial charge in [-0.15, -0.1) is 0 Å². The average Bonchev–Trinajstić information content (AvgIpc) is 2.82. The molecule has 1 amide bonds. The van der Waals surface area contributed by atoms with E-state index in [0.29, 0.717) is 13.0 Å².